The van der Waals surface area contributed by atoms with E-state index in [1.54, 1.807) is 48.7 Å². The number of anilines is 1. The van der Waals surface area contributed by atoms with Gasteiger partial charge in [-0.05, 0) is 24.3 Å². The number of carbonyl (C=O) groups is 1. The molecule has 0 unspecified atom stereocenters. The Hall–Kier alpha value is -2.11. The van der Waals surface area contributed by atoms with Crippen LogP contribution in [0.25, 0.3) is 0 Å². The van der Waals surface area contributed by atoms with Crippen molar-refractivity contribution in [1.29, 1.82) is 0 Å². The van der Waals surface area contributed by atoms with Crippen LogP contribution in [-0.2, 0) is 30.6 Å². The predicted octanol–water partition coefficient (Wildman–Crippen LogP) is 2.24. The van der Waals surface area contributed by atoms with Crippen LogP contribution in [0.3, 0.4) is 0 Å². The van der Waals surface area contributed by atoms with Crippen LogP contribution in [0.15, 0.2) is 60.0 Å². The molecule has 1 aliphatic rings. The van der Waals surface area contributed by atoms with E-state index in [0.717, 1.165) is 17.4 Å². The van der Waals surface area contributed by atoms with Crippen LogP contribution in [0.4, 0.5) is 5.69 Å². The molecule has 0 bridgehead atoms. The van der Waals surface area contributed by atoms with Crippen LogP contribution in [0, 0.1) is 0 Å². The summed E-state index contributed by atoms with van der Waals surface area (Å²) in [6.07, 6.45) is 6.57. The Bertz CT molecular complexity index is 578. The van der Waals surface area contributed by atoms with Gasteiger partial charge in [-0.3, -0.25) is 4.79 Å². The van der Waals surface area contributed by atoms with Crippen molar-refractivity contribution in [3.63, 3.8) is 0 Å². The van der Waals surface area contributed by atoms with Gasteiger partial charge in [-0.2, -0.15) is 0 Å². The van der Waals surface area contributed by atoms with Gasteiger partial charge in [0.15, 0.2) is 5.76 Å². The zero-order valence-electron chi connectivity index (χ0n) is 10.7. The zero-order chi connectivity index (χ0) is 15.0. The number of carbonyl (C=O) groups excluding carboxylic acids is 1. The van der Waals surface area contributed by atoms with Crippen molar-refractivity contribution in [2.75, 3.05) is 12.4 Å². The maximum atomic E-state index is 11.8. The normalized spacial score (nSPS) is 15.1. The van der Waals surface area contributed by atoms with Crippen molar-refractivity contribution in [3.8, 4) is 5.75 Å². The molecule has 2 rings (SSSR count). The fourth-order valence-electron chi connectivity index (χ4n) is 1.56. The summed E-state index contributed by atoms with van der Waals surface area (Å²) in [5.74, 6) is 0.231. The van der Waals surface area contributed by atoms with Gasteiger partial charge >= 0.3 is 21.0 Å². The second-order valence-electron chi connectivity index (χ2n) is 3.68. The van der Waals surface area contributed by atoms with Gasteiger partial charge in [-0.15, -0.1) is 0 Å². The third-order valence-corrected chi connectivity index (χ3v) is 2.52. The summed E-state index contributed by atoms with van der Waals surface area (Å²) in [6.45, 7) is 0. The molecule has 1 aromatic rings. The monoisotopic (exact) mass is 310 g/mol. The average Bonchev–Trinajstić information content (AvgIpc) is 2.50. The molecule has 6 heteroatoms. The maximum absolute atomic E-state index is 11.8. The second kappa shape index (κ2) is 8.14. The van der Waals surface area contributed by atoms with Gasteiger partial charge in [0.2, 0.25) is 5.78 Å². The Morgan fingerprint density at radius 1 is 1.30 bits per heavy atom. The summed E-state index contributed by atoms with van der Waals surface area (Å²) in [6, 6.07) is 6.81. The quantitative estimate of drug-likeness (QED) is 0.661. The van der Waals surface area contributed by atoms with Crippen LogP contribution in [-0.4, -0.2) is 18.0 Å². The molecular formula is C14H13NO4V. The van der Waals surface area contributed by atoms with E-state index in [0.29, 0.717) is 17.0 Å². The first-order chi connectivity index (χ1) is 9.72. The van der Waals surface area contributed by atoms with Crippen molar-refractivity contribution in [2.24, 2.45) is 0 Å². The molecule has 1 aromatic carbocycles. The molecule has 20 heavy (non-hydrogen) atoms. The molecule has 0 amide bonds. The Labute approximate surface area is 125 Å². The number of benzene rings is 1. The number of methoxy groups -OCH3 is 1. The number of nitrogens with one attached hydrogen (secondary N) is 1. The Balaban J connectivity index is 0.000000956. The van der Waals surface area contributed by atoms with Crippen LogP contribution in [0.5, 0.6) is 5.75 Å². The van der Waals surface area contributed by atoms with E-state index < -0.39 is 0 Å². The van der Waals surface area contributed by atoms with E-state index in [1.807, 2.05) is 0 Å². The molecular weight excluding hydrogens is 297 g/mol. The fourth-order valence-corrected chi connectivity index (χ4v) is 1.56. The number of hydrogen-bond acceptors (Lipinski definition) is 5. The number of rotatable bonds is 3. The second-order valence-corrected chi connectivity index (χ2v) is 3.68. The van der Waals surface area contributed by atoms with Crippen molar-refractivity contribution in [2.45, 2.75) is 0 Å². The summed E-state index contributed by atoms with van der Waals surface area (Å²) in [5, 5.41) is 12.5. The number of Topliss-reactive ketones (excluding diaryl/α,β-unsaturated/α-hetero) is 1. The molecule has 0 radical (unpaired) electrons. The summed E-state index contributed by atoms with van der Waals surface area (Å²) < 4.78 is 13.1. The van der Waals surface area contributed by atoms with E-state index in [9.17, 15) is 9.90 Å². The molecule has 5 nitrogen and oxygen atoms in total. The van der Waals surface area contributed by atoms with E-state index >= 15 is 0 Å². The van der Waals surface area contributed by atoms with E-state index in [1.165, 1.54) is 7.11 Å². The number of phenolic OH excluding ortho intramolecular Hbond substituents is 1. The Morgan fingerprint density at radius 2 is 2.00 bits per heavy atom. The molecule has 0 fully saturated rings. The summed E-state index contributed by atoms with van der Waals surface area (Å²) >= 11 is 1.06. The van der Waals surface area contributed by atoms with Gasteiger partial charge in [0.1, 0.15) is 5.75 Å². The van der Waals surface area contributed by atoms with E-state index in [2.05, 4.69) is 5.32 Å². The predicted molar refractivity (Wildman–Crippen MR) is 69.7 cm³/mol. The van der Waals surface area contributed by atoms with Crippen molar-refractivity contribution < 1.29 is 35.7 Å². The molecule has 0 aliphatic heterocycles. The van der Waals surface area contributed by atoms with Gasteiger partial charge in [0.05, 0.1) is 12.8 Å². The average molecular weight is 310 g/mol. The first kappa shape index (κ1) is 16.0. The van der Waals surface area contributed by atoms with E-state index in [-0.39, 0.29) is 11.5 Å². The van der Waals surface area contributed by atoms with Crippen LogP contribution in [0.1, 0.15) is 0 Å². The summed E-state index contributed by atoms with van der Waals surface area (Å²) in [5.41, 5.74) is 1.01. The SMILES string of the molecule is COC1=CC=C/C(=C/Nc2ccccc2O)C1=O.[O]=[V]. The number of aromatic hydroxyl groups is 1. The van der Waals surface area contributed by atoms with Crippen LogP contribution < -0.4 is 5.32 Å². The van der Waals surface area contributed by atoms with Gasteiger partial charge in [0, 0.05) is 11.8 Å². The molecule has 0 aromatic heterocycles. The first-order valence-corrected chi connectivity index (χ1v) is 6.19. The van der Waals surface area contributed by atoms with E-state index in [4.69, 9.17) is 8.41 Å². The third-order valence-electron chi connectivity index (χ3n) is 2.52. The number of phenols is 1. The summed E-state index contributed by atoms with van der Waals surface area (Å²) in [7, 11) is 1.46. The number of para-hydroxylation sites is 2. The van der Waals surface area contributed by atoms with Crippen molar-refractivity contribution in [3.05, 3.63) is 60.0 Å². The van der Waals surface area contributed by atoms with Gasteiger partial charge in [0.25, 0.3) is 0 Å². The number of hydrogen-bond donors (Lipinski definition) is 2. The molecule has 103 valence electrons. The molecule has 0 spiro atoms. The number of ketones is 1. The molecule has 1 aliphatic carbocycles. The van der Waals surface area contributed by atoms with Gasteiger partial charge < -0.3 is 15.2 Å². The van der Waals surface area contributed by atoms with Crippen molar-refractivity contribution >= 4 is 11.5 Å². The standard InChI is InChI=1S/C14H13NO3.O.V/c1-18-13-8-4-5-10(14(13)17)9-15-11-6-2-3-7-12(11)16;;/h2-9,15-16H,1H3;;/b10-9-;;. The molecule has 0 atom stereocenters. The van der Waals surface area contributed by atoms with Gasteiger partial charge in [-0.25, -0.2) is 0 Å². The Morgan fingerprint density at radius 3 is 2.65 bits per heavy atom. The Kier molecular flexibility index (Phi) is 6.49. The molecule has 0 saturated carbocycles. The minimum absolute atomic E-state index is 0.129. The number of ether oxygens (including phenoxy) is 1. The first-order valence-electron chi connectivity index (χ1n) is 5.62. The number of allylic oxidation sites excluding steroid dienone is 4. The topological polar surface area (TPSA) is 75.6 Å². The molecule has 0 heterocycles. The fraction of sp³-hybridized carbons (Fsp3) is 0.0714. The third kappa shape index (κ3) is 3.95. The van der Waals surface area contributed by atoms with Crippen molar-refractivity contribution in [1.82, 2.24) is 0 Å². The zero-order valence-corrected chi connectivity index (χ0v) is 12.1. The van der Waals surface area contributed by atoms with Crippen LogP contribution in [0.2, 0.25) is 0 Å². The molecule has 0 saturated heterocycles. The van der Waals surface area contributed by atoms with Crippen LogP contribution >= 0.6 is 0 Å². The van der Waals surface area contributed by atoms with Gasteiger partial charge in [-0.1, -0.05) is 18.2 Å². The minimum atomic E-state index is -0.192. The molecule has 2 N–H and O–H groups in total. The summed E-state index contributed by atoms with van der Waals surface area (Å²) in [4.78, 5) is 11.8.